The Bertz CT molecular complexity index is 2030. The summed E-state index contributed by atoms with van der Waals surface area (Å²) in [6.07, 6.45) is -0.363. The molecule has 5 heteroatoms. The summed E-state index contributed by atoms with van der Waals surface area (Å²) in [5.41, 5.74) is 9.28. The SMILES string of the molecule is c1ccc([C@@H]2NC(c3cccc(C4N[C@@H](c5ccccc5)[C@H](c5ccccc5)N4c4ccccc4)n3)N(c3ccccc3)[C@H]2c2ccccc2)cc1. The quantitative estimate of drug-likeness (QED) is 0.168. The van der Waals surface area contributed by atoms with Crippen LogP contribution in [0.1, 0.15) is 70.1 Å². The minimum absolute atomic E-state index is 0.0367. The van der Waals surface area contributed by atoms with Crippen molar-refractivity contribution in [3.05, 3.63) is 234 Å². The van der Waals surface area contributed by atoms with E-state index in [0.717, 1.165) is 22.8 Å². The average Bonchev–Trinajstić information content (AvgIpc) is 3.84. The van der Waals surface area contributed by atoms with Gasteiger partial charge in [0.15, 0.2) is 0 Å². The molecule has 2 fully saturated rings. The molecule has 6 aromatic carbocycles. The van der Waals surface area contributed by atoms with E-state index in [1.807, 2.05) is 0 Å². The van der Waals surface area contributed by atoms with Crippen molar-refractivity contribution < 1.29 is 0 Å². The van der Waals surface area contributed by atoms with Gasteiger partial charge in [-0.2, -0.15) is 0 Å². The second-order valence-corrected chi connectivity index (χ2v) is 13.6. The fraction of sp³-hybridized carbons (Fsp3) is 0.128. The maximum Gasteiger partial charge on any atom is 0.124 e. The molecule has 0 radical (unpaired) electrons. The van der Waals surface area contributed by atoms with Gasteiger partial charge in [-0.1, -0.05) is 164 Å². The zero-order valence-corrected chi connectivity index (χ0v) is 28.9. The van der Waals surface area contributed by atoms with E-state index in [1.165, 1.54) is 22.3 Å². The number of benzene rings is 6. The largest absolute Gasteiger partial charge is 0.341 e. The van der Waals surface area contributed by atoms with Crippen molar-refractivity contribution >= 4 is 11.4 Å². The smallest absolute Gasteiger partial charge is 0.124 e. The van der Waals surface area contributed by atoms with Crippen molar-refractivity contribution in [2.75, 3.05) is 9.80 Å². The number of aromatic nitrogens is 1. The molecule has 2 saturated heterocycles. The summed E-state index contributed by atoms with van der Waals surface area (Å²) in [6.45, 7) is 0. The number of nitrogens with one attached hydrogen (secondary N) is 2. The molecule has 2 aliphatic heterocycles. The maximum absolute atomic E-state index is 5.59. The number of nitrogens with zero attached hydrogens (tertiary/aromatic N) is 3. The number of para-hydroxylation sites is 2. The van der Waals surface area contributed by atoms with Gasteiger partial charge in [0, 0.05) is 11.4 Å². The molecule has 0 spiro atoms. The zero-order valence-electron chi connectivity index (χ0n) is 28.9. The lowest BCUT2D eigenvalue weighted by molar-refractivity contribution is 0.534. The number of anilines is 2. The Morgan fingerprint density at radius 2 is 0.635 bits per heavy atom. The lowest BCUT2D eigenvalue weighted by Gasteiger charge is -2.34. The van der Waals surface area contributed by atoms with Crippen LogP contribution in [0.15, 0.2) is 200 Å². The second-order valence-electron chi connectivity index (χ2n) is 13.6. The Morgan fingerprint density at radius 3 is 0.981 bits per heavy atom. The van der Waals surface area contributed by atoms with Gasteiger partial charge >= 0.3 is 0 Å². The highest BCUT2D eigenvalue weighted by Crippen LogP contribution is 2.50. The molecular formula is C47H41N5. The molecule has 9 rings (SSSR count). The summed E-state index contributed by atoms with van der Waals surface area (Å²) in [5.74, 6) is 0. The van der Waals surface area contributed by atoms with Crippen molar-refractivity contribution in [2.24, 2.45) is 0 Å². The first kappa shape index (κ1) is 31.9. The van der Waals surface area contributed by atoms with Gasteiger partial charge in [0.2, 0.25) is 0 Å². The van der Waals surface area contributed by atoms with E-state index in [9.17, 15) is 0 Å². The first-order valence-corrected chi connectivity index (χ1v) is 18.2. The molecule has 1 aromatic heterocycles. The lowest BCUT2D eigenvalue weighted by atomic mass is 9.93. The van der Waals surface area contributed by atoms with E-state index < -0.39 is 0 Å². The van der Waals surface area contributed by atoms with Crippen LogP contribution in [0.25, 0.3) is 0 Å². The Balaban J connectivity index is 1.18. The minimum atomic E-state index is -0.181. The van der Waals surface area contributed by atoms with Gasteiger partial charge in [-0.25, -0.2) is 0 Å². The first-order valence-electron chi connectivity index (χ1n) is 18.2. The van der Waals surface area contributed by atoms with Crippen LogP contribution in [0, 0.1) is 0 Å². The molecule has 3 heterocycles. The van der Waals surface area contributed by atoms with Crippen LogP contribution in [-0.2, 0) is 0 Å². The van der Waals surface area contributed by atoms with E-state index in [4.69, 9.17) is 4.98 Å². The molecule has 2 N–H and O–H groups in total. The molecule has 0 saturated carbocycles. The van der Waals surface area contributed by atoms with Crippen molar-refractivity contribution in [3.8, 4) is 0 Å². The lowest BCUT2D eigenvalue weighted by Crippen LogP contribution is -2.32. The van der Waals surface area contributed by atoms with Crippen LogP contribution >= 0.6 is 0 Å². The zero-order chi connectivity index (χ0) is 34.7. The maximum atomic E-state index is 5.59. The van der Waals surface area contributed by atoms with Gasteiger partial charge in [0.1, 0.15) is 12.3 Å². The van der Waals surface area contributed by atoms with Crippen molar-refractivity contribution in [2.45, 2.75) is 36.5 Å². The predicted molar refractivity (Wildman–Crippen MR) is 211 cm³/mol. The molecule has 254 valence electrons. The summed E-state index contributed by atoms with van der Waals surface area (Å²) in [5, 5.41) is 8.16. The fourth-order valence-electron chi connectivity index (χ4n) is 8.26. The van der Waals surface area contributed by atoms with Crippen molar-refractivity contribution in [1.82, 2.24) is 15.6 Å². The highest BCUT2D eigenvalue weighted by Gasteiger charge is 2.46. The Hall–Kier alpha value is -6.01. The molecule has 52 heavy (non-hydrogen) atoms. The Labute approximate surface area is 306 Å². The molecule has 2 unspecified atom stereocenters. The third-order valence-electron chi connectivity index (χ3n) is 10.5. The van der Waals surface area contributed by atoms with Crippen LogP contribution < -0.4 is 20.4 Å². The fourth-order valence-corrected chi connectivity index (χ4v) is 8.26. The van der Waals surface area contributed by atoms with E-state index >= 15 is 0 Å². The summed E-state index contributed by atoms with van der Waals surface area (Å²) < 4.78 is 0. The van der Waals surface area contributed by atoms with Crippen LogP contribution in [-0.4, -0.2) is 4.98 Å². The van der Waals surface area contributed by atoms with Crippen molar-refractivity contribution in [1.29, 1.82) is 0 Å². The molecule has 7 aromatic rings. The summed E-state index contributed by atoms with van der Waals surface area (Å²) in [4.78, 5) is 10.6. The molecule has 2 aliphatic rings. The third-order valence-corrected chi connectivity index (χ3v) is 10.5. The van der Waals surface area contributed by atoms with Crippen LogP contribution in [0.4, 0.5) is 11.4 Å². The Morgan fingerprint density at radius 1 is 0.327 bits per heavy atom. The Kier molecular flexibility index (Phi) is 8.79. The first-order chi connectivity index (χ1) is 25.8. The molecule has 0 bridgehead atoms. The van der Waals surface area contributed by atoms with Gasteiger partial charge in [-0.05, 0) is 58.7 Å². The number of hydrogen-bond acceptors (Lipinski definition) is 5. The molecule has 0 aliphatic carbocycles. The van der Waals surface area contributed by atoms with E-state index in [1.54, 1.807) is 0 Å². The molecule has 5 nitrogen and oxygen atoms in total. The normalized spacial score (nSPS) is 22.8. The third kappa shape index (κ3) is 6.04. The van der Waals surface area contributed by atoms with E-state index in [2.05, 4.69) is 221 Å². The molecular weight excluding hydrogens is 635 g/mol. The number of pyridine rings is 1. The van der Waals surface area contributed by atoms with Crippen LogP contribution in [0.5, 0.6) is 0 Å². The van der Waals surface area contributed by atoms with Crippen LogP contribution in [0.3, 0.4) is 0 Å². The van der Waals surface area contributed by atoms with Crippen LogP contribution in [0.2, 0.25) is 0 Å². The minimum Gasteiger partial charge on any atom is -0.341 e. The predicted octanol–water partition coefficient (Wildman–Crippen LogP) is 10.3. The van der Waals surface area contributed by atoms with Gasteiger partial charge in [-0.3, -0.25) is 15.6 Å². The summed E-state index contributed by atoms with van der Waals surface area (Å²) >= 11 is 0. The highest BCUT2D eigenvalue weighted by atomic mass is 15.4. The standard InChI is InChI=1S/C47H41N5/c1-7-20-34(21-8-1)42-44(36-24-11-3-12-25-36)51(38-28-15-5-16-29-38)46(49-42)40-32-19-33-41(48-40)47-50-43(35-22-9-2-10-23-35)45(37-26-13-4-14-27-37)52(47)39-30-17-6-18-31-39/h1-33,42-47,49-50H/t42-,43-,44-,45-,46?,47?/m0/s1. The monoisotopic (exact) mass is 675 g/mol. The van der Waals surface area contributed by atoms with Gasteiger partial charge in [-0.15, -0.1) is 0 Å². The topological polar surface area (TPSA) is 43.4 Å². The average molecular weight is 676 g/mol. The summed E-state index contributed by atoms with van der Waals surface area (Å²) in [7, 11) is 0. The molecule has 0 amide bonds. The summed E-state index contributed by atoms with van der Waals surface area (Å²) in [6, 6.07) is 71.6. The second kappa shape index (κ2) is 14.3. The van der Waals surface area contributed by atoms with E-state index in [-0.39, 0.29) is 36.5 Å². The molecule has 6 atom stereocenters. The van der Waals surface area contributed by atoms with Crippen molar-refractivity contribution in [3.63, 3.8) is 0 Å². The highest BCUT2D eigenvalue weighted by molar-refractivity contribution is 5.56. The van der Waals surface area contributed by atoms with E-state index in [0.29, 0.717) is 0 Å². The number of hydrogen-bond donors (Lipinski definition) is 2. The number of rotatable bonds is 8. The van der Waals surface area contributed by atoms with Gasteiger partial charge in [0.25, 0.3) is 0 Å². The van der Waals surface area contributed by atoms with Gasteiger partial charge < -0.3 is 9.80 Å². The van der Waals surface area contributed by atoms with Gasteiger partial charge in [0.05, 0.1) is 35.6 Å².